The zero-order chi connectivity index (χ0) is 23.4. The van der Waals surface area contributed by atoms with Crippen LogP contribution in [-0.2, 0) is 14.3 Å². The van der Waals surface area contributed by atoms with E-state index in [4.69, 9.17) is 9.84 Å². The Kier molecular flexibility index (Phi) is 6.96. The molecule has 2 atom stereocenters. The van der Waals surface area contributed by atoms with Crippen molar-refractivity contribution in [1.82, 2.24) is 10.6 Å². The third-order valence-corrected chi connectivity index (χ3v) is 6.40. The molecule has 0 aromatic heterocycles. The molecule has 0 spiro atoms. The molecule has 2 aromatic rings. The van der Waals surface area contributed by atoms with Gasteiger partial charge in [-0.1, -0.05) is 61.9 Å². The highest BCUT2D eigenvalue weighted by Gasteiger charge is 2.38. The Morgan fingerprint density at radius 3 is 2.15 bits per heavy atom. The van der Waals surface area contributed by atoms with E-state index in [0.29, 0.717) is 6.42 Å². The van der Waals surface area contributed by atoms with Gasteiger partial charge in [-0.25, -0.2) is 4.79 Å². The topological polar surface area (TPSA) is 105 Å². The van der Waals surface area contributed by atoms with Gasteiger partial charge in [0.05, 0.1) is 6.42 Å². The van der Waals surface area contributed by atoms with Crippen molar-refractivity contribution in [1.29, 1.82) is 0 Å². The fraction of sp³-hybridized carbons (Fsp3) is 0.423. The van der Waals surface area contributed by atoms with E-state index in [0.717, 1.165) is 41.5 Å². The van der Waals surface area contributed by atoms with Crippen molar-refractivity contribution in [2.45, 2.75) is 57.0 Å². The van der Waals surface area contributed by atoms with E-state index >= 15 is 0 Å². The van der Waals surface area contributed by atoms with E-state index in [1.807, 2.05) is 31.2 Å². The maximum atomic E-state index is 12.8. The van der Waals surface area contributed by atoms with Gasteiger partial charge in [0.2, 0.25) is 5.91 Å². The summed E-state index contributed by atoms with van der Waals surface area (Å²) in [5.74, 6) is -1.30. The van der Waals surface area contributed by atoms with Crippen molar-refractivity contribution in [2.24, 2.45) is 5.92 Å². The largest absolute Gasteiger partial charge is 0.481 e. The number of carbonyl (C=O) groups is 3. The molecule has 1 saturated carbocycles. The predicted molar refractivity (Wildman–Crippen MR) is 124 cm³/mol. The number of amides is 2. The first-order valence-electron chi connectivity index (χ1n) is 11.6. The lowest BCUT2D eigenvalue weighted by atomic mass is 9.98. The van der Waals surface area contributed by atoms with Crippen LogP contribution in [0.3, 0.4) is 0 Å². The van der Waals surface area contributed by atoms with Gasteiger partial charge in [0, 0.05) is 12.0 Å². The lowest BCUT2D eigenvalue weighted by Crippen LogP contribution is -2.51. The molecule has 0 aliphatic heterocycles. The molecule has 7 nitrogen and oxygen atoms in total. The fourth-order valence-electron chi connectivity index (χ4n) is 4.67. The molecule has 2 aliphatic carbocycles. The summed E-state index contributed by atoms with van der Waals surface area (Å²) in [4.78, 5) is 36.6. The fourth-order valence-corrected chi connectivity index (χ4v) is 4.67. The first kappa shape index (κ1) is 22.8. The van der Waals surface area contributed by atoms with Crippen molar-refractivity contribution in [3.63, 3.8) is 0 Å². The minimum absolute atomic E-state index is 0.0533. The van der Waals surface area contributed by atoms with E-state index in [9.17, 15) is 14.4 Å². The molecule has 2 amide bonds. The molecule has 2 aliphatic rings. The van der Waals surface area contributed by atoms with Crippen LogP contribution in [0, 0.1) is 5.92 Å². The van der Waals surface area contributed by atoms with Gasteiger partial charge in [-0.3, -0.25) is 9.59 Å². The number of fused-ring (bicyclic) bond motifs is 3. The summed E-state index contributed by atoms with van der Waals surface area (Å²) in [6.07, 6.45) is 2.25. The third-order valence-electron chi connectivity index (χ3n) is 6.40. The number of carbonyl (C=O) groups excluding carboxylic acids is 2. The number of nitrogens with one attached hydrogen (secondary N) is 2. The molecule has 1 fully saturated rings. The van der Waals surface area contributed by atoms with E-state index in [2.05, 4.69) is 34.9 Å². The summed E-state index contributed by atoms with van der Waals surface area (Å²) < 4.78 is 5.59. The van der Waals surface area contributed by atoms with Crippen LogP contribution >= 0.6 is 0 Å². The minimum Gasteiger partial charge on any atom is -0.481 e. The summed E-state index contributed by atoms with van der Waals surface area (Å²) in [5, 5.41) is 14.6. The Bertz CT molecular complexity index is 987. The van der Waals surface area contributed by atoms with Gasteiger partial charge in [-0.2, -0.15) is 0 Å². The average molecular weight is 451 g/mol. The number of hydrogen-bond acceptors (Lipinski definition) is 4. The smallest absolute Gasteiger partial charge is 0.407 e. The molecule has 0 radical (unpaired) electrons. The van der Waals surface area contributed by atoms with Gasteiger partial charge in [0.15, 0.2) is 0 Å². The van der Waals surface area contributed by atoms with Crippen molar-refractivity contribution in [3.05, 3.63) is 59.7 Å². The highest BCUT2D eigenvalue weighted by atomic mass is 16.5. The normalized spacial score (nSPS) is 16.3. The van der Waals surface area contributed by atoms with E-state index in [1.165, 1.54) is 0 Å². The number of carboxylic acids is 1. The molecule has 0 bridgehead atoms. The van der Waals surface area contributed by atoms with Gasteiger partial charge >= 0.3 is 12.1 Å². The molecular weight excluding hydrogens is 420 g/mol. The zero-order valence-electron chi connectivity index (χ0n) is 18.8. The second-order valence-electron chi connectivity index (χ2n) is 8.88. The predicted octanol–water partition coefficient (Wildman–Crippen LogP) is 4.06. The lowest BCUT2D eigenvalue weighted by molar-refractivity contribution is -0.137. The maximum Gasteiger partial charge on any atom is 0.407 e. The summed E-state index contributed by atoms with van der Waals surface area (Å²) in [7, 11) is 0. The Labute approximate surface area is 193 Å². The number of alkyl carbamates (subject to hydrolysis) is 1. The molecule has 0 heterocycles. The standard InChI is InChI=1S/C26H30N2O5/c1-2-7-17(14-23(29)30)27-25(31)24(16-12-13-16)28-26(32)33-15-22-20-10-5-3-8-18(20)19-9-4-6-11-21(19)22/h3-6,8-11,16-17,22,24H,2,7,12-15H2,1H3,(H,27,31)(H,28,32)(H,29,30). The van der Waals surface area contributed by atoms with E-state index in [-0.39, 0.29) is 30.8 Å². The van der Waals surface area contributed by atoms with Crippen LogP contribution in [0.25, 0.3) is 11.1 Å². The van der Waals surface area contributed by atoms with Crippen LogP contribution in [0.5, 0.6) is 0 Å². The molecule has 4 rings (SSSR count). The van der Waals surface area contributed by atoms with Crippen LogP contribution in [0.2, 0.25) is 0 Å². The Balaban J connectivity index is 1.38. The van der Waals surface area contributed by atoms with E-state index < -0.39 is 24.1 Å². The van der Waals surface area contributed by atoms with Crippen LogP contribution in [0.4, 0.5) is 4.79 Å². The molecular formula is C26H30N2O5. The number of carboxylic acid groups (broad SMARTS) is 1. The number of aliphatic carboxylic acids is 1. The van der Waals surface area contributed by atoms with Crippen LogP contribution in [0.1, 0.15) is 56.1 Å². The summed E-state index contributed by atoms with van der Waals surface area (Å²) in [6, 6.07) is 15.1. The maximum absolute atomic E-state index is 12.8. The second kappa shape index (κ2) is 10.1. The Hall–Kier alpha value is -3.35. The van der Waals surface area contributed by atoms with Crippen LogP contribution < -0.4 is 10.6 Å². The molecule has 2 unspecified atom stereocenters. The highest BCUT2D eigenvalue weighted by Crippen LogP contribution is 2.44. The van der Waals surface area contributed by atoms with Crippen molar-refractivity contribution < 1.29 is 24.2 Å². The first-order chi connectivity index (χ1) is 16.0. The zero-order valence-corrected chi connectivity index (χ0v) is 18.8. The van der Waals surface area contributed by atoms with Crippen molar-refractivity contribution >= 4 is 18.0 Å². The molecule has 2 aromatic carbocycles. The average Bonchev–Trinajstić information content (AvgIpc) is 3.58. The number of rotatable bonds is 10. The summed E-state index contributed by atoms with van der Waals surface area (Å²) in [5.41, 5.74) is 4.55. The summed E-state index contributed by atoms with van der Waals surface area (Å²) >= 11 is 0. The Morgan fingerprint density at radius 1 is 1.00 bits per heavy atom. The number of hydrogen-bond donors (Lipinski definition) is 3. The molecule has 7 heteroatoms. The van der Waals surface area contributed by atoms with E-state index in [1.54, 1.807) is 0 Å². The van der Waals surface area contributed by atoms with Crippen LogP contribution in [0.15, 0.2) is 48.5 Å². The van der Waals surface area contributed by atoms with Crippen molar-refractivity contribution in [2.75, 3.05) is 6.61 Å². The monoisotopic (exact) mass is 450 g/mol. The van der Waals surface area contributed by atoms with Gasteiger partial charge in [0.1, 0.15) is 12.6 Å². The van der Waals surface area contributed by atoms with Crippen molar-refractivity contribution in [3.8, 4) is 11.1 Å². The number of benzene rings is 2. The SMILES string of the molecule is CCCC(CC(=O)O)NC(=O)C(NC(=O)OCC1c2ccccc2-c2ccccc21)C1CC1. The summed E-state index contributed by atoms with van der Waals surface area (Å²) in [6.45, 7) is 2.12. The Morgan fingerprint density at radius 2 is 1.61 bits per heavy atom. The number of ether oxygens (including phenoxy) is 1. The van der Waals surface area contributed by atoms with Gasteiger partial charge in [-0.05, 0) is 47.4 Å². The highest BCUT2D eigenvalue weighted by molar-refractivity contribution is 5.87. The van der Waals surface area contributed by atoms with Gasteiger partial charge in [-0.15, -0.1) is 0 Å². The second-order valence-corrected chi connectivity index (χ2v) is 8.88. The third kappa shape index (κ3) is 5.35. The van der Waals surface area contributed by atoms with Gasteiger partial charge in [0.25, 0.3) is 0 Å². The molecule has 174 valence electrons. The quantitative estimate of drug-likeness (QED) is 0.506. The minimum atomic E-state index is -0.957. The van der Waals surface area contributed by atoms with Gasteiger partial charge < -0.3 is 20.5 Å². The molecule has 0 saturated heterocycles. The molecule has 33 heavy (non-hydrogen) atoms. The first-order valence-corrected chi connectivity index (χ1v) is 11.6. The molecule has 3 N–H and O–H groups in total. The van der Waals surface area contributed by atoms with Crippen LogP contribution in [-0.4, -0.2) is 41.8 Å². The lowest BCUT2D eigenvalue weighted by Gasteiger charge is -2.22.